The van der Waals surface area contributed by atoms with Gasteiger partial charge in [0.2, 0.25) is 0 Å². The van der Waals surface area contributed by atoms with Crippen molar-refractivity contribution in [3.8, 4) is 0 Å². The molecule has 0 aliphatic heterocycles. The first kappa shape index (κ1) is 13.4. The minimum Gasteiger partial charge on any atom is -0.352 e. The van der Waals surface area contributed by atoms with Gasteiger partial charge in [0, 0.05) is 18.7 Å². The van der Waals surface area contributed by atoms with Crippen LogP contribution in [0.15, 0.2) is 22.7 Å². The third-order valence-corrected chi connectivity index (χ3v) is 2.50. The second kappa shape index (κ2) is 6.19. The van der Waals surface area contributed by atoms with Crippen molar-refractivity contribution in [3.05, 3.63) is 34.1 Å². The summed E-state index contributed by atoms with van der Waals surface area (Å²) in [5, 5.41) is 4.88. The quantitative estimate of drug-likeness (QED) is 0.725. The summed E-state index contributed by atoms with van der Waals surface area (Å²) in [7, 11) is 0. The monoisotopic (exact) mass is 303 g/mol. The van der Waals surface area contributed by atoms with Gasteiger partial charge in [0.25, 0.3) is 5.91 Å². The first-order valence-corrected chi connectivity index (χ1v) is 5.56. The molecule has 3 amide bonds. The molecule has 17 heavy (non-hydrogen) atoms. The van der Waals surface area contributed by atoms with E-state index in [-0.39, 0.29) is 23.5 Å². The second-order valence-corrected chi connectivity index (χ2v) is 4.03. The summed E-state index contributed by atoms with van der Waals surface area (Å²) in [4.78, 5) is 21.9. The highest BCUT2D eigenvalue weighted by atomic mass is 79.9. The van der Waals surface area contributed by atoms with Crippen LogP contribution >= 0.6 is 15.9 Å². The third kappa shape index (κ3) is 4.39. The highest BCUT2D eigenvalue weighted by Crippen LogP contribution is 2.16. The number of carbonyl (C=O) groups excluding carboxylic acids is 2. The fourth-order valence-electron chi connectivity index (χ4n) is 1.10. The van der Waals surface area contributed by atoms with Gasteiger partial charge in [0.05, 0.1) is 4.47 Å². The SMILES string of the molecule is NC(=O)NCCNC(=O)c1ccc(F)c(Br)c1. The molecule has 1 aromatic carbocycles. The number of carbonyl (C=O) groups is 2. The Labute approximate surface area is 106 Å². The Hall–Kier alpha value is -1.63. The number of primary amides is 1. The summed E-state index contributed by atoms with van der Waals surface area (Å²) >= 11 is 2.99. The molecule has 7 heteroatoms. The Morgan fingerprint density at radius 3 is 2.53 bits per heavy atom. The number of nitrogens with two attached hydrogens (primary N) is 1. The zero-order chi connectivity index (χ0) is 12.8. The van der Waals surface area contributed by atoms with E-state index < -0.39 is 11.8 Å². The molecule has 0 spiro atoms. The molecule has 0 radical (unpaired) electrons. The molecule has 92 valence electrons. The van der Waals surface area contributed by atoms with Crippen LogP contribution in [-0.4, -0.2) is 25.0 Å². The lowest BCUT2D eigenvalue weighted by Crippen LogP contribution is -2.37. The molecule has 0 fully saturated rings. The molecular weight excluding hydrogens is 293 g/mol. The molecule has 1 aromatic rings. The van der Waals surface area contributed by atoms with Crippen molar-refractivity contribution < 1.29 is 14.0 Å². The Morgan fingerprint density at radius 1 is 1.29 bits per heavy atom. The lowest BCUT2D eigenvalue weighted by molar-refractivity contribution is 0.0954. The minimum atomic E-state index is -0.649. The number of hydrogen-bond donors (Lipinski definition) is 3. The molecular formula is C10H11BrFN3O2. The Balaban J connectivity index is 2.47. The molecule has 0 aliphatic rings. The molecule has 0 atom stereocenters. The molecule has 0 heterocycles. The van der Waals surface area contributed by atoms with Gasteiger partial charge in [0.15, 0.2) is 0 Å². The summed E-state index contributed by atoms with van der Waals surface area (Å²) < 4.78 is 13.1. The molecule has 1 rings (SSSR count). The van der Waals surface area contributed by atoms with E-state index in [1.807, 2.05) is 0 Å². The predicted octanol–water partition coefficient (Wildman–Crippen LogP) is 0.986. The standard InChI is InChI=1S/C10H11BrFN3O2/c11-7-5-6(1-2-8(7)12)9(16)14-3-4-15-10(13)17/h1-2,5H,3-4H2,(H,14,16)(H3,13,15,17). The number of urea groups is 1. The highest BCUT2D eigenvalue weighted by Gasteiger charge is 2.07. The molecule has 0 saturated heterocycles. The predicted molar refractivity (Wildman–Crippen MR) is 64.0 cm³/mol. The summed E-state index contributed by atoms with van der Waals surface area (Å²) in [6.07, 6.45) is 0. The number of amides is 3. The minimum absolute atomic E-state index is 0.223. The zero-order valence-electron chi connectivity index (χ0n) is 8.80. The molecule has 0 unspecified atom stereocenters. The van der Waals surface area contributed by atoms with Crippen LogP contribution in [0, 0.1) is 5.82 Å². The lowest BCUT2D eigenvalue weighted by atomic mass is 10.2. The van der Waals surface area contributed by atoms with E-state index in [0.717, 1.165) is 0 Å². The van der Waals surface area contributed by atoms with Gasteiger partial charge < -0.3 is 16.4 Å². The molecule has 0 saturated carbocycles. The summed E-state index contributed by atoms with van der Waals surface area (Å²) in [6.45, 7) is 0.486. The van der Waals surface area contributed by atoms with Crippen LogP contribution in [0.5, 0.6) is 0 Å². The van der Waals surface area contributed by atoms with Crippen molar-refractivity contribution in [1.82, 2.24) is 10.6 Å². The average molecular weight is 304 g/mol. The van der Waals surface area contributed by atoms with Gasteiger partial charge in [-0.15, -0.1) is 0 Å². The molecule has 0 aliphatic carbocycles. The lowest BCUT2D eigenvalue weighted by Gasteiger charge is -2.06. The van der Waals surface area contributed by atoms with Gasteiger partial charge in [-0.25, -0.2) is 9.18 Å². The van der Waals surface area contributed by atoms with Crippen molar-refractivity contribution in [2.45, 2.75) is 0 Å². The van der Waals surface area contributed by atoms with E-state index in [1.54, 1.807) is 0 Å². The van der Waals surface area contributed by atoms with Crippen molar-refractivity contribution >= 4 is 27.9 Å². The number of rotatable bonds is 4. The van der Waals surface area contributed by atoms with Crippen LogP contribution < -0.4 is 16.4 Å². The van der Waals surface area contributed by atoms with Crippen molar-refractivity contribution in [3.63, 3.8) is 0 Å². The van der Waals surface area contributed by atoms with Crippen molar-refractivity contribution in [2.75, 3.05) is 13.1 Å². The Bertz CT molecular complexity index is 440. The maximum absolute atomic E-state index is 12.9. The van der Waals surface area contributed by atoms with Crippen LogP contribution in [0.25, 0.3) is 0 Å². The van der Waals surface area contributed by atoms with Crippen molar-refractivity contribution in [2.24, 2.45) is 5.73 Å². The third-order valence-electron chi connectivity index (χ3n) is 1.89. The maximum atomic E-state index is 12.9. The highest BCUT2D eigenvalue weighted by molar-refractivity contribution is 9.10. The number of benzene rings is 1. The summed E-state index contributed by atoms with van der Waals surface area (Å²) in [6, 6.07) is 3.30. The van der Waals surface area contributed by atoms with Gasteiger partial charge in [-0.1, -0.05) is 0 Å². The van der Waals surface area contributed by atoms with Crippen LogP contribution in [0.3, 0.4) is 0 Å². The van der Waals surface area contributed by atoms with E-state index >= 15 is 0 Å². The van der Waals surface area contributed by atoms with Crippen molar-refractivity contribution in [1.29, 1.82) is 0 Å². The molecule has 0 aromatic heterocycles. The van der Waals surface area contributed by atoms with E-state index in [2.05, 4.69) is 26.6 Å². The number of nitrogens with one attached hydrogen (secondary N) is 2. The largest absolute Gasteiger partial charge is 0.352 e. The van der Waals surface area contributed by atoms with E-state index in [9.17, 15) is 14.0 Å². The smallest absolute Gasteiger partial charge is 0.312 e. The maximum Gasteiger partial charge on any atom is 0.312 e. The number of halogens is 2. The van der Waals surface area contributed by atoms with Gasteiger partial charge >= 0.3 is 6.03 Å². The normalized spacial score (nSPS) is 9.76. The summed E-state index contributed by atoms with van der Waals surface area (Å²) in [5.41, 5.74) is 5.18. The first-order valence-electron chi connectivity index (χ1n) is 4.77. The van der Waals surface area contributed by atoms with Gasteiger partial charge in [-0.2, -0.15) is 0 Å². The zero-order valence-corrected chi connectivity index (χ0v) is 10.4. The Kier molecular flexibility index (Phi) is 4.89. The van der Waals surface area contributed by atoms with Gasteiger partial charge in [0.1, 0.15) is 5.82 Å². The van der Waals surface area contributed by atoms with Crippen LogP contribution in [-0.2, 0) is 0 Å². The number of hydrogen-bond acceptors (Lipinski definition) is 2. The van der Waals surface area contributed by atoms with E-state index in [1.165, 1.54) is 18.2 Å². The van der Waals surface area contributed by atoms with Gasteiger partial charge in [-0.3, -0.25) is 4.79 Å². The Morgan fingerprint density at radius 2 is 1.94 bits per heavy atom. The van der Waals surface area contributed by atoms with E-state index in [0.29, 0.717) is 5.56 Å². The van der Waals surface area contributed by atoms with Crippen LogP contribution in [0.1, 0.15) is 10.4 Å². The topological polar surface area (TPSA) is 84.2 Å². The molecule has 4 N–H and O–H groups in total. The average Bonchev–Trinajstić information content (AvgIpc) is 2.27. The molecule has 0 bridgehead atoms. The second-order valence-electron chi connectivity index (χ2n) is 3.18. The fourth-order valence-corrected chi connectivity index (χ4v) is 1.48. The summed E-state index contributed by atoms with van der Waals surface area (Å²) in [5.74, 6) is -0.783. The van der Waals surface area contributed by atoms with Crippen LogP contribution in [0.4, 0.5) is 9.18 Å². The fraction of sp³-hybridized carbons (Fsp3) is 0.200. The van der Waals surface area contributed by atoms with Crippen LogP contribution in [0.2, 0.25) is 0 Å². The first-order chi connectivity index (χ1) is 8.00. The van der Waals surface area contributed by atoms with Gasteiger partial charge in [-0.05, 0) is 34.1 Å². The molecule has 5 nitrogen and oxygen atoms in total. The van der Waals surface area contributed by atoms with E-state index in [4.69, 9.17) is 5.73 Å².